The molecule has 1 N–H and O–H groups in total. The molecule has 1 aromatic rings. The first-order valence-corrected chi connectivity index (χ1v) is 6.10. The third-order valence-electron chi connectivity index (χ3n) is 4.58. The van der Waals surface area contributed by atoms with Crippen LogP contribution in [0, 0.1) is 5.41 Å². The highest BCUT2D eigenvalue weighted by atomic mass is 14.9. The molecule has 15 heavy (non-hydrogen) atoms. The van der Waals surface area contributed by atoms with Gasteiger partial charge in [-0.25, -0.2) is 0 Å². The van der Waals surface area contributed by atoms with Crippen LogP contribution in [0.1, 0.15) is 36.8 Å². The Balaban J connectivity index is 1.98. The molecular formula is C14H19N. The van der Waals surface area contributed by atoms with Crippen LogP contribution in [0.15, 0.2) is 24.3 Å². The van der Waals surface area contributed by atoms with Crippen molar-refractivity contribution in [3.63, 3.8) is 0 Å². The first kappa shape index (κ1) is 9.41. The molecule has 1 heteroatoms. The average molecular weight is 201 g/mol. The molecule has 2 aliphatic rings. The van der Waals surface area contributed by atoms with Gasteiger partial charge in [0.2, 0.25) is 0 Å². The van der Waals surface area contributed by atoms with E-state index in [0.29, 0.717) is 5.41 Å². The van der Waals surface area contributed by atoms with Crippen molar-refractivity contribution in [1.82, 2.24) is 5.32 Å². The third kappa shape index (κ3) is 1.33. The van der Waals surface area contributed by atoms with Crippen molar-refractivity contribution in [1.29, 1.82) is 0 Å². The zero-order valence-corrected chi connectivity index (χ0v) is 9.42. The fourth-order valence-corrected chi connectivity index (χ4v) is 3.51. The second-order valence-electron chi connectivity index (χ2n) is 5.21. The van der Waals surface area contributed by atoms with E-state index >= 15 is 0 Å². The van der Waals surface area contributed by atoms with Crippen LogP contribution in [-0.2, 0) is 6.42 Å². The maximum atomic E-state index is 3.48. The van der Waals surface area contributed by atoms with Crippen LogP contribution in [-0.4, -0.2) is 13.1 Å². The lowest BCUT2D eigenvalue weighted by Gasteiger charge is -2.38. The second-order valence-corrected chi connectivity index (χ2v) is 5.21. The highest BCUT2D eigenvalue weighted by Gasteiger charge is 2.43. The first-order chi connectivity index (χ1) is 7.32. The quantitative estimate of drug-likeness (QED) is 0.680. The second kappa shape index (κ2) is 3.34. The Labute approximate surface area is 91.9 Å². The van der Waals surface area contributed by atoms with Gasteiger partial charge in [0.05, 0.1) is 0 Å². The van der Waals surface area contributed by atoms with E-state index in [-0.39, 0.29) is 0 Å². The maximum absolute atomic E-state index is 3.48. The molecule has 1 heterocycles. The van der Waals surface area contributed by atoms with Gasteiger partial charge in [-0.1, -0.05) is 31.2 Å². The SMILES string of the molecule is C[C@@H]1c2ccccc2CC12CCNCC2. The largest absolute Gasteiger partial charge is 0.317 e. The van der Waals surface area contributed by atoms with Crippen molar-refractivity contribution in [3.05, 3.63) is 35.4 Å². The number of hydrogen-bond donors (Lipinski definition) is 1. The van der Waals surface area contributed by atoms with Gasteiger partial charge < -0.3 is 5.32 Å². The van der Waals surface area contributed by atoms with Gasteiger partial charge >= 0.3 is 0 Å². The van der Waals surface area contributed by atoms with Gasteiger partial charge in [0.1, 0.15) is 0 Å². The normalized spacial score (nSPS) is 27.9. The van der Waals surface area contributed by atoms with Gasteiger partial charge in [0.25, 0.3) is 0 Å². The zero-order valence-electron chi connectivity index (χ0n) is 9.42. The standard InChI is InChI=1S/C14H19N/c1-11-13-5-3-2-4-12(13)10-14(11)6-8-15-9-7-14/h2-5,11,15H,6-10H2,1H3/t11-/m1/s1. The number of nitrogens with one attached hydrogen (secondary N) is 1. The van der Waals surface area contributed by atoms with Crippen LogP contribution in [0.25, 0.3) is 0 Å². The van der Waals surface area contributed by atoms with Crippen LogP contribution >= 0.6 is 0 Å². The third-order valence-corrected chi connectivity index (χ3v) is 4.58. The molecule has 80 valence electrons. The molecule has 0 saturated carbocycles. The summed E-state index contributed by atoms with van der Waals surface area (Å²) in [7, 11) is 0. The minimum atomic E-state index is 0.578. The Morgan fingerprint density at radius 1 is 1.20 bits per heavy atom. The smallest absolute Gasteiger partial charge is 0.00433 e. The van der Waals surface area contributed by atoms with Gasteiger partial charge in [-0.3, -0.25) is 0 Å². The van der Waals surface area contributed by atoms with E-state index in [1.54, 1.807) is 11.1 Å². The van der Waals surface area contributed by atoms with Crippen LogP contribution in [0.2, 0.25) is 0 Å². The lowest BCUT2D eigenvalue weighted by Crippen LogP contribution is -2.38. The monoisotopic (exact) mass is 201 g/mol. The summed E-state index contributed by atoms with van der Waals surface area (Å²) in [6, 6.07) is 9.03. The van der Waals surface area contributed by atoms with E-state index in [1.807, 2.05) is 0 Å². The predicted octanol–water partition coefficient (Wildman–Crippen LogP) is 2.72. The molecule has 1 fully saturated rings. The Bertz CT molecular complexity index is 363. The Morgan fingerprint density at radius 2 is 1.93 bits per heavy atom. The van der Waals surface area contributed by atoms with Crippen molar-refractivity contribution in [2.75, 3.05) is 13.1 Å². The van der Waals surface area contributed by atoms with Crippen molar-refractivity contribution in [3.8, 4) is 0 Å². The molecule has 1 saturated heterocycles. The van der Waals surface area contributed by atoms with Gasteiger partial charge in [-0.15, -0.1) is 0 Å². The summed E-state index contributed by atoms with van der Waals surface area (Å²) in [4.78, 5) is 0. The van der Waals surface area contributed by atoms with E-state index in [0.717, 1.165) is 5.92 Å². The fourth-order valence-electron chi connectivity index (χ4n) is 3.51. The molecule has 0 unspecified atom stereocenters. The number of hydrogen-bond acceptors (Lipinski definition) is 1. The summed E-state index contributed by atoms with van der Waals surface area (Å²) < 4.78 is 0. The molecule has 1 atom stereocenters. The summed E-state index contributed by atoms with van der Waals surface area (Å²) in [5, 5.41) is 3.48. The maximum Gasteiger partial charge on any atom is -0.00433 e. The van der Waals surface area contributed by atoms with E-state index in [1.165, 1.54) is 32.4 Å². The summed E-state index contributed by atoms with van der Waals surface area (Å²) in [5.74, 6) is 0.760. The lowest BCUT2D eigenvalue weighted by atomic mass is 9.70. The topological polar surface area (TPSA) is 12.0 Å². The van der Waals surface area contributed by atoms with E-state index in [4.69, 9.17) is 0 Å². The van der Waals surface area contributed by atoms with Crippen LogP contribution in [0.4, 0.5) is 0 Å². The van der Waals surface area contributed by atoms with Crippen LogP contribution in [0.5, 0.6) is 0 Å². The molecule has 0 radical (unpaired) electrons. The van der Waals surface area contributed by atoms with E-state index < -0.39 is 0 Å². The van der Waals surface area contributed by atoms with Crippen molar-refractivity contribution in [2.24, 2.45) is 5.41 Å². The summed E-state index contributed by atoms with van der Waals surface area (Å²) in [5.41, 5.74) is 3.79. The minimum Gasteiger partial charge on any atom is -0.317 e. The predicted molar refractivity (Wildman–Crippen MR) is 63.1 cm³/mol. The molecule has 1 aliphatic carbocycles. The van der Waals surface area contributed by atoms with Crippen molar-refractivity contribution < 1.29 is 0 Å². The summed E-state index contributed by atoms with van der Waals surface area (Å²) in [6.45, 7) is 4.84. The lowest BCUT2D eigenvalue weighted by molar-refractivity contribution is 0.180. The summed E-state index contributed by atoms with van der Waals surface area (Å²) >= 11 is 0. The molecule has 3 rings (SSSR count). The zero-order chi connectivity index (χ0) is 10.3. The Kier molecular flexibility index (Phi) is 2.10. The average Bonchev–Trinajstić information content (AvgIpc) is 2.54. The summed E-state index contributed by atoms with van der Waals surface area (Å²) in [6.07, 6.45) is 4.01. The van der Waals surface area contributed by atoms with Gasteiger partial charge in [0.15, 0.2) is 0 Å². The Hall–Kier alpha value is -0.820. The molecule has 1 nitrogen and oxygen atoms in total. The molecule has 1 aliphatic heterocycles. The molecule has 0 bridgehead atoms. The van der Waals surface area contributed by atoms with Gasteiger partial charge in [0, 0.05) is 0 Å². The number of piperidine rings is 1. The van der Waals surface area contributed by atoms with Crippen LogP contribution < -0.4 is 5.32 Å². The Morgan fingerprint density at radius 3 is 2.67 bits per heavy atom. The van der Waals surface area contributed by atoms with E-state index in [2.05, 4.69) is 36.5 Å². The molecule has 0 aromatic heterocycles. The number of fused-ring (bicyclic) bond motifs is 1. The number of rotatable bonds is 0. The fraction of sp³-hybridized carbons (Fsp3) is 0.571. The van der Waals surface area contributed by atoms with Crippen molar-refractivity contribution >= 4 is 0 Å². The molecule has 1 spiro atoms. The molecule has 1 aromatic carbocycles. The molecular weight excluding hydrogens is 182 g/mol. The first-order valence-electron chi connectivity index (χ1n) is 6.10. The van der Waals surface area contributed by atoms with E-state index in [9.17, 15) is 0 Å². The molecule has 0 amide bonds. The minimum absolute atomic E-state index is 0.578. The van der Waals surface area contributed by atoms with Crippen molar-refractivity contribution in [2.45, 2.75) is 32.1 Å². The van der Waals surface area contributed by atoms with Gasteiger partial charge in [-0.05, 0) is 54.8 Å². The highest BCUT2D eigenvalue weighted by molar-refractivity contribution is 5.38. The highest BCUT2D eigenvalue weighted by Crippen LogP contribution is 2.51. The number of benzene rings is 1. The van der Waals surface area contributed by atoms with Gasteiger partial charge in [-0.2, -0.15) is 0 Å². The van der Waals surface area contributed by atoms with Crippen LogP contribution in [0.3, 0.4) is 0 Å².